The Bertz CT molecular complexity index is 574. The van der Waals surface area contributed by atoms with Crippen LogP contribution in [0.5, 0.6) is 0 Å². The topological polar surface area (TPSA) is 20.2 Å². The molecule has 2 aromatic carbocycles. The van der Waals surface area contributed by atoms with Crippen LogP contribution in [0.4, 0.5) is 4.39 Å². The molecule has 2 aromatic rings. The molecule has 100 valence electrons. The third-order valence-corrected chi connectivity index (χ3v) is 3.55. The van der Waals surface area contributed by atoms with Gasteiger partial charge in [-0.25, -0.2) is 4.39 Å². The molecule has 0 saturated heterocycles. The maximum atomic E-state index is 13.6. The second-order valence-electron chi connectivity index (χ2n) is 4.43. The number of benzene rings is 2. The lowest BCUT2D eigenvalue weighted by molar-refractivity contribution is 0.174. The third kappa shape index (κ3) is 4.30. The van der Waals surface area contributed by atoms with Crippen LogP contribution in [-0.2, 0) is 12.8 Å². The van der Waals surface area contributed by atoms with Gasteiger partial charge in [0.05, 0.1) is 6.10 Å². The van der Waals surface area contributed by atoms with Gasteiger partial charge in [0.1, 0.15) is 5.82 Å². The molecule has 2 rings (SSSR count). The van der Waals surface area contributed by atoms with Crippen LogP contribution in [0.1, 0.15) is 11.1 Å². The Labute approximate surface area is 125 Å². The molecule has 1 N–H and O–H groups in total. The van der Waals surface area contributed by atoms with Crippen molar-refractivity contribution in [3.63, 3.8) is 0 Å². The van der Waals surface area contributed by atoms with Crippen molar-refractivity contribution in [2.75, 3.05) is 0 Å². The lowest BCUT2D eigenvalue weighted by Crippen LogP contribution is -2.14. The first kappa shape index (κ1) is 14.5. The molecule has 0 amide bonds. The summed E-state index contributed by atoms with van der Waals surface area (Å²) in [5.74, 6) is -0.298. The van der Waals surface area contributed by atoms with Crippen LogP contribution in [0.25, 0.3) is 0 Å². The van der Waals surface area contributed by atoms with E-state index in [1.807, 2.05) is 18.2 Å². The maximum Gasteiger partial charge on any atom is 0.126 e. The molecule has 0 aromatic heterocycles. The van der Waals surface area contributed by atoms with Gasteiger partial charge in [-0.05, 0) is 47.9 Å². The average molecular weight is 344 g/mol. The van der Waals surface area contributed by atoms with Gasteiger partial charge in [-0.15, -0.1) is 0 Å². The molecule has 0 heterocycles. The van der Waals surface area contributed by atoms with Crippen LogP contribution in [0.2, 0.25) is 5.02 Å². The van der Waals surface area contributed by atoms with Crippen LogP contribution < -0.4 is 0 Å². The van der Waals surface area contributed by atoms with Gasteiger partial charge < -0.3 is 5.11 Å². The number of aliphatic hydroxyl groups excluding tert-OH is 1. The van der Waals surface area contributed by atoms with E-state index in [4.69, 9.17) is 11.6 Å². The molecule has 0 aliphatic carbocycles. The Balaban J connectivity index is 2.05. The number of halogens is 3. The molecule has 1 unspecified atom stereocenters. The largest absolute Gasteiger partial charge is 0.392 e. The highest BCUT2D eigenvalue weighted by Gasteiger charge is 2.11. The first-order valence-corrected chi connectivity index (χ1v) is 7.08. The van der Waals surface area contributed by atoms with Crippen molar-refractivity contribution in [1.29, 1.82) is 0 Å². The van der Waals surface area contributed by atoms with E-state index in [-0.39, 0.29) is 12.2 Å². The van der Waals surface area contributed by atoms with Gasteiger partial charge in [0, 0.05) is 15.9 Å². The predicted molar refractivity (Wildman–Crippen MR) is 79.0 cm³/mol. The average Bonchev–Trinajstić information content (AvgIpc) is 2.34. The van der Waals surface area contributed by atoms with Crippen LogP contribution in [0.15, 0.2) is 46.9 Å². The fourth-order valence-electron chi connectivity index (χ4n) is 1.96. The molecule has 0 fully saturated rings. The monoisotopic (exact) mass is 342 g/mol. The van der Waals surface area contributed by atoms with Gasteiger partial charge in [0.2, 0.25) is 0 Å². The van der Waals surface area contributed by atoms with E-state index in [1.54, 1.807) is 18.2 Å². The molecule has 0 radical (unpaired) electrons. The third-order valence-electron chi connectivity index (χ3n) is 2.82. The summed E-state index contributed by atoms with van der Waals surface area (Å²) in [5, 5.41) is 10.7. The van der Waals surface area contributed by atoms with Crippen molar-refractivity contribution in [2.45, 2.75) is 18.9 Å². The van der Waals surface area contributed by atoms with E-state index in [0.29, 0.717) is 17.0 Å². The SMILES string of the molecule is OC(Cc1cccc(Cl)c1)Cc1cc(Br)ccc1F. The molecule has 0 spiro atoms. The fourth-order valence-corrected chi connectivity index (χ4v) is 2.58. The minimum absolute atomic E-state index is 0.276. The Morgan fingerprint density at radius 3 is 2.68 bits per heavy atom. The van der Waals surface area contributed by atoms with Crippen molar-refractivity contribution in [1.82, 2.24) is 0 Å². The highest BCUT2D eigenvalue weighted by atomic mass is 79.9. The summed E-state index contributed by atoms with van der Waals surface area (Å²) in [6.07, 6.45) is 0.0897. The molecular weight excluding hydrogens is 331 g/mol. The van der Waals surface area contributed by atoms with E-state index in [2.05, 4.69) is 15.9 Å². The Morgan fingerprint density at radius 1 is 1.16 bits per heavy atom. The summed E-state index contributed by atoms with van der Waals surface area (Å²) in [7, 11) is 0. The van der Waals surface area contributed by atoms with Gasteiger partial charge in [-0.1, -0.05) is 39.7 Å². The molecule has 0 saturated carbocycles. The van der Waals surface area contributed by atoms with Gasteiger partial charge in [-0.3, -0.25) is 0 Å². The lowest BCUT2D eigenvalue weighted by atomic mass is 10.0. The van der Waals surface area contributed by atoms with Crippen molar-refractivity contribution in [2.24, 2.45) is 0 Å². The van der Waals surface area contributed by atoms with E-state index in [1.165, 1.54) is 6.07 Å². The summed E-state index contributed by atoms with van der Waals surface area (Å²) >= 11 is 9.18. The normalized spacial score (nSPS) is 12.4. The minimum atomic E-state index is -0.637. The molecule has 0 bridgehead atoms. The Morgan fingerprint density at radius 2 is 1.95 bits per heavy atom. The van der Waals surface area contributed by atoms with E-state index in [0.717, 1.165) is 10.0 Å². The zero-order chi connectivity index (χ0) is 13.8. The maximum absolute atomic E-state index is 13.6. The second kappa shape index (κ2) is 6.51. The number of rotatable bonds is 4. The number of hydrogen-bond donors (Lipinski definition) is 1. The molecule has 1 nitrogen and oxygen atoms in total. The van der Waals surface area contributed by atoms with Gasteiger partial charge in [0.15, 0.2) is 0 Å². The Hall–Kier alpha value is -0.900. The van der Waals surface area contributed by atoms with Crippen LogP contribution in [0, 0.1) is 5.82 Å². The van der Waals surface area contributed by atoms with Crippen molar-refractivity contribution < 1.29 is 9.50 Å². The van der Waals surface area contributed by atoms with Crippen molar-refractivity contribution >= 4 is 27.5 Å². The summed E-state index contributed by atoms with van der Waals surface area (Å²) in [5.41, 5.74) is 1.44. The Kier molecular flexibility index (Phi) is 4.97. The molecule has 19 heavy (non-hydrogen) atoms. The summed E-state index contributed by atoms with van der Waals surface area (Å²) < 4.78 is 14.4. The van der Waals surface area contributed by atoms with E-state index >= 15 is 0 Å². The van der Waals surface area contributed by atoms with Crippen LogP contribution >= 0.6 is 27.5 Å². The molecule has 1 atom stereocenters. The van der Waals surface area contributed by atoms with Crippen molar-refractivity contribution in [3.05, 3.63) is 68.9 Å². The first-order valence-electron chi connectivity index (χ1n) is 5.91. The number of aliphatic hydroxyl groups is 1. The zero-order valence-electron chi connectivity index (χ0n) is 10.1. The summed E-state index contributed by atoms with van der Waals surface area (Å²) in [6.45, 7) is 0. The highest BCUT2D eigenvalue weighted by molar-refractivity contribution is 9.10. The van der Waals surface area contributed by atoms with Crippen LogP contribution in [0.3, 0.4) is 0 Å². The standard InChI is InChI=1S/C15H13BrClFO/c16-12-4-5-15(18)11(8-12)9-14(19)7-10-2-1-3-13(17)6-10/h1-6,8,14,19H,7,9H2. The summed E-state index contributed by atoms with van der Waals surface area (Å²) in [6, 6.07) is 12.0. The van der Waals surface area contributed by atoms with Gasteiger partial charge >= 0.3 is 0 Å². The van der Waals surface area contributed by atoms with Crippen LogP contribution in [-0.4, -0.2) is 11.2 Å². The molecule has 4 heteroatoms. The van der Waals surface area contributed by atoms with E-state index in [9.17, 15) is 9.50 Å². The molecule has 0 aliphatic heterocycles. The van der Waals surface area contributed by atoms with Crippen molar-refractivity contribution in [3.8, 4) is 0 Å². The minimum Gasteiger partial charge on any atom is -0.392 e. The predicted octanol–water partition coefficient (Wildman–Crippen LogP) is 4.39. The second-order valence-corrected chi connectivity index (χ2v) is 5.78. The molecular formula is C15H13BrClFO. The first-order chi connectivity index (χ1) is 9.04. The van der Waals surface area contributed by atoms with Gasteiger partial charge in [0.25, 0.3) is 0 Å². The fraction of sp³-hybridized carbons (Fsp3) is 0.200. The smallest absolute Gasteiger partial charge is 0.126 e. The van der Waals surface area contributed by atoms with Gasteiger partial charge in [-0.2, -0.15) is 0 Å². The zero-order valence-corrected chi connectivity index (χ0v) is 12.5. The highest BCUT2D eigenvalue weighted by Crippen LogP contribution is 2.19. The lowest BCUT2D eigenvalue weighted by Gasteiger charge is -2.12. The van der Waals surface area contributed by atoms with E-state index < -0.39 is 6.10 Å². The molecule has 0 aliphatic rings. The quantitative estimate of drug-likeness (QED) is 0.873. The summed E-state index contributed by atoms with van der Waals surface area (Å²) in [4.78, 5) is 0. The number of hydrogen-bond acceptors (Lipinski definition) is 1.